The van der Waals surface area contributed by atoms with Gasteiger partial charge in [-0.05, 0) is 37.0 Å². The first kappa shape index (κ1) is 10.7. The van der Waals surface area contributed by atoms with Gasteiger partial charge in [-0.25, -0.2) is 0 Å². The van der Waals surface area contributed by atoms with Crippen LogP contribution in [0.3, 0.4) is 0 Å². The Morgan fingerprint density at radius 3 is 3.13 bits per heavy atom. The number of anilines is 2. The number of benzene rings is 1. The topological polar surface area (TPSA) is 24.1 Å². The minimum absolute atomic E-state index is 0.575. The molecular weight excluding hydrogens is 204 g/mol. The molecule has 2 rings (SSSR count). The summed E-state index contributed by atoms with van der Waals surface area (Å²) in [7, 11) is 0. The molecule has 1 aliphatic heterocycles. The lowest BCUT2D eigenvalue weighted by atomic mass is 10.1. The molecule has 1 heterocycles. The van der Waals surface area contributed by atoms with Crippen molar-refractivity contribution in [1.29, 1.82) is 0 Å². The molecule has 3 heteroatoms. The monoisotopic (exact) mass is 222 g/mol. The molecule has 1 atom stereocenters. The maximum atomic E-state index is 3.62. The fraction of sp³-hybridized carbons (Fsp3) is 0.500. The Hall–Kier alpha value is -0.830. The van der Waals surface area contributed by atoms with Crippen molar-refractivity contribution in [3.8, 4) is 0 Å². The van der Waals surface area contributed by atoms with Crippen LogP contribution in [0.2, 0.25) is 0 Å². The SMILES string of the molecule is CSCCC1CNc2cccc(C)c2N1. The van der Waals surface area contributed by atoms with Crippen molar-refractivity contribution in [3.63, 3.8) is 0 Å². The predicted molar refractivity (Wildman–Crippen MR) is 70.1 cm³/mol. The zero-order valence-electron chi connectivity index (χ0n) is 9.34. The summed E-state index contributed by atoms with van der Waals surface area (Å²) in [4.78, 5) is 0. The fourth-order valence-electron chi connectivity index (χ4n) is 1.93. The van der Waals surface area contributed by atoms with E-state index in [1.54, 1.807) is 0 Å². The summed E-state index contributed by atoms with van der Waals surface area (Å²) in [6, 6.07) is 6.97. The molecule has 0 bridgehead atoms. The van der Waals surface area contributed by atoms with Crippen molar-refractivity contribution in [1.82, 2.24) is 0 Å². The summed E-state index contributed by atoms with van der Waals surface area (Å²) < 4.78 is 0. The normalized spacial score (nSPS) is 18.9. The molecule has 1 aromatic rings. The van der Waals surface area contributed by atoms with E-state index in [0.717, 1.165) is 6.54 Å². The van der Waals surface area contributed by atoms with Crippen molar-refractivity contribution in [2.24, 2.45) is 0 Å². The molecule has 1 unspecified atom stereocenters. The zero-order chi connectivity index (χ0) is 10.7. The lowest BCUT2D eigenvalue weighted by Gasteiger charge is -2.29. The summed E-state index contributed by atoms with van der Waals surface area (Å²) >= 11 is 1.91. The van der Waals surface area contributed by atoms with Crippen molar-refractivity contribution in [2.75, 3.05) is 29.2 Å². The standard InChI is InChI=1S/C12H18N2S/c1-9-4-3-5-11-12(9)14-10(8-13-11)6-7-15-2/h3-5,10,13-14H,6-8H2,1-2H3. The molecule has 82 valence electrons. The number of hydrogen-bond donors (Lipinski definition) is 2. The van der Waals surface area contributed by atoms with Gasteiger partial charge in [0.05, 0.1) is 11.4 Å². The van der Waals surface area contributed by atoms with E-state index in [2.05, 4.69) is 42.0 Å². The maximum absolute atomic E-state index is 3.62. The van der Waals surface area contributed by atoms with E-state index >= 15 is 0 Å². The Labute approximate surface area is 95.8 Å². The summed E-state index contributed by atoms with van der Waals surface area (Å²) in [6.45, 7) is 3.20. The highest BCUT2D eigenvalue weighted by Gasteiger charge is 2.17. The lowest BCUT2D eigenvalue weighted by molar-refractivity contribution is 0.718. The summed E-state index contributed by atoms with van der Waals surface area (Å²) in [6.07, 6.45) is 3.39. The van der Waals surface area contributed by atoms with Crippen molar-refractivity contribution in [2.45, 2.75) is 19.4 Å². The highest BCUT2D eigenvalue weighted by Crippen LogP contribution is 2.29. The molecule has 0 amide bonds. The van der Waals surface area contributed by atoms with Crippen LogP contribution in [0, 0.1) is 6.92 Å². The third-order valence-corrected chi connectivity index (χ3v) is 3.47. The van der Waals surface area contributed by atoms with Gasteiger partial charge in [0, 0.05) is 12.6 Å². The highest BCUT2D eigenvalue weighted by molar-refractivity contribution is 7.98. The van der Waals surface area contributed by atoms with Crippen LogP contribution < -0.4 is 10.6 Å². The largest absolute Gasteiger partial charge is 0.381 e. The molecule has 2 N–H and O–H groups in total. The number of thioether (sulfide) groups is 1. The van der Waals surface area contributed by atoms with E-state index in [1.807, 2.05) is 11.8 Å². The molecule has 2 nitrogen and oxygen atoms in total. The van der Waals surface area contributed by atoms with Crippen LogP contribution in [0.25, 0.3) is 0 Å². The molecule has 0 radical (unpaired) electrons. The van der Waals surface area contributed by atoms with Crippen LogP contribution in [0.15, 0.2) is 18.2 Å². The summed E-state index contributed by atoms with van der Waals surface area (Å²) in [5, 5.41) is 7.11. The molecule has 0 saturated heterocycles. The van der Waals surface area contributed by atoms with Gasteiger partial charge in [0.15, 0.2) is 0 Å². The first-order valence-electron chi connectivity index (χ1n) is 5.40. The van der Waals surface area contributed by atoms with Crippen LogP contribution in [0.4, 0.5) is 11.4 Å². The van der Waals surface area contributed by atoms with Gasteiger partial charge in [0.2, 0.25) is 0 Å². The van der Waals surface area contributed by atoms with Gasteiger partial charge in [-0.2, -0.15) is 11.8 Å². The first-order chi connectivity index (χ1) is 7.31. The Morgan fingerprint density at radius 2 is 2.33 bits per heavy atom. The van der Waals surface area contributed by atoms with E-state index < -0.39 is 0 Å². The van der Waals surface area contributed by atoms with Crippen LogP contribution in [-0.2, 0) is 0 Å². The molecule has 0 fully saturated rings. The highest BCUT2D eigenvalue weighted by atomic mass is 32.2. The maximum Gasteiger partial charge on any atom is 0.0608 e. The molecule has 0 spiro atoms. The van der Waals surface area contributed by atoms with E-state index in [1.165, 1.54) is 29.1 Å². The van der Waals surface area contributed by atoms with Gasteiger partial charge in [-0.15, -0.1) is 0 Å². The predicted octanol–water partition coefficient (Wildman–Crippen LogP) is 2.95. The van der Waals surface area contributed by atoms with Crippen LogP contribution >= 0.6 is 11.8 Å². The number of rotatable bonds is 3. The molecular formula is C12H18N2S. The van der Waals surface area contributed by atoms with Gasteiger partial charge in [0.1, 0.15) is 0 Å². The van der Waals surface area contributed by atoms with E-state index in [9.17, 15) is 0 Å². The molecule has 15 heavy (non-hydrogen) atoms. The summed E-state index contributed by atoms with van der Waals surface area (Å²) in [5.74, 6) is 1.22. The minimum atomic E-state index is 0.575. The smallest absolute Gasteiger partial charge is 0.0608 e. The van der Waals surface area contributed by atoms with Crippen LogP contribution in [0.5, 0.6) is 0 Å². The number of para-hydroxylation sites is 1. The first-order valence-corrected chi connectivity index (χ1v) is 6.79. The second-order valence-corrected chi connectivity index (χ2v) is 4.99. The van der Waals surface area contributed by atoms with Crippen LogP contribution in [0.1, 0.15) is 12.0 Å². The van der Waals surface area contributed by atoms with Gasteiger partial charge in [-0.3, -0.25) is 0 Å². The fourth-order valence-corrected chi connectivity index (χ4v) is 2.45. The van der Waals surface area contributed by atoms with Crippen molar-refractivity contribution in [3.05, 3.63) is 23.8 Å². The molecule has 0 aromatic heterocycles. The molecule has 1 aliphatic rings. The molecule has 0 aliphatic carbocycles. The second-order valence-electron chi connectivity index (χ2n) is 4.00. The Bertz CT molecular complexity index is 338. The van der Waals surface area contributed by atoms with Gasteiger partial charge in [-0.1, -0.05) is 12.1 Å². The summed E-state index contributed by atoms with van der Waals surface area (Å²) in [5.41, 5.74) is 3.86. The molecule has 1 aromatic carbocycles. The van der Waals surface area contributed by atoms with E-state index in [4.69, 9.17) is 0 Å². The molecule has 0 saturated carbocycles. The van der Waals surface area contributed by atoms with Gasteiger partial charge in [0.25, 0.3) is 0 Å². The van der Waals surface area contributed by atoms with Gasteiger partial charge >= 0.3 is 0 Å². The number of fused-ring (bicyclic) bond motifs is 1. The van der Waals surface area contributed by atoms with Gasteiger partial charge < -0.3 is 10.6 Å². The second kappa shape index (κ2) is 4.79. The van der Waals surface area contributed by atoms with E-state index in [0.29, 0.717) is 6.04 Å². The van der Waals surface area contributed by atoms with Crippen molar-refractivity contribution >= 4 is 23.1 Å². The number of nitrogens with one attached hydrogen (secondary N) is 2. The quantitative estimate of drug-likeness (QED) is 0.822. The van der Waals surface area contributed by atoms with Crippen LogP contribution in [-0.4, -0.2) is 24.6 Å². The third kappa shape index (κ3) is 2.40. The van der Waals surface area contributed by atoms with Crippen molar-refractivity contribution < 1.29 is 0 Å². The Balaban J connectivity index is 2.08. The minimum Gasteiger partial charge on any atom is -0.381 e. The lowest BCUT2D eigenvalue weighted by Crippen LogP contribution is -2.33. The number of hydrogen-bond acceptors (Lipinski definition) is 3. The van der Waals surface area contributed by atoms with E-state index in [-0.39, 0.29) is 0 Å². The third-order valence-electron chi connectivity index (χ3n) is 2.83. The average molecular weight is 222 g/mol. The Morgan fingerprint density at radius 1 is 1.47 bits per heavy atom. The number of aryl methyl sites for hydroxylation is 1. The Kier molecular flexibility index (Phi) is 3.41. The zero-order valence-corrected chi connectivity index (χ0v) is 10.2. The average Bonchev–Trinajstić information content (AvgIpc) is 2.27.